The molecule has 1 unspecified atom stereocenters. The second-order valence-electron chi connectivity index (χ2n) is 2.88. The summed E-state index contributed by atoms with van der Waals surface area (Å²) in [6.45, 7) is 0. The van der Waals surface area contributed by atoms with E-state index in [4.69, 9.17) is 0 Å². The maximum Gasteiger partial charge on any atom is 0.150 e. The predicted molar refractivity (Wildman–Crippen MR) is 51.5 cm³/mol. The summed E-state index contributed by atoms with van der Waals surface area (Å²) in [6.07, 6.45) is 2.21. The number of hydrogen-bond donors (Lipinski definition) is 1. The van der Waals surface area contributed by atoms with Crippen LogP contribution in [0.1, 0.15) is 5.01 Å². The fourth-order valence-corrected chi connectivity index (χ4v) is 2.47. The number of nitrogens with zero attached hydrogens (tertiary/aromatic N) is 1. The van der Waals surface area contributed by atoms with E-state index in [-0.39, 0.29) is 5.75 Å². The van der Waals surface area contributed by atoms with E-state index in [1.54, 1.807) is 11.6 Å². The largest absolute Gasteiger partial charge is 0.392 e. The zero-order valence-electron chi connectivity index (χ0n) is 7.17. The van der Waals surface area contributed by atoms with Crippen LogP contribution in [0.5, 0.6) is 0 Å². The topological polar surface area (TPSA) is 67.3 Å². The molecule has 13 heavy (non-hydrogen) atoms. The Morgan fingerprint density at radius 3 is 2.85 bits per heavy atom. The summed E-state index contributed by atoms with van der Waals surface area (Å²) in [4.78, 5) is 3.95. The smallest absolute Gasteiger partial charge is 0.150 e. The fraction of sp³-hybridized carbons (Fsp3) is 0.571. The second kappa shape index (κ2) is 4.17. The van der Waals surface area contributed by atoms with Gasteiger partial charge in [-0.3, -0.25) is 0 Å². The number of aromatic nitrogens is 1. The van der Waals surface area contributed by atoms with Crippen LogP contribution in [-0.4, -0.2) is 36.6 Å². The number of rotatable bonds is 4. The van der Waals surface area contributed by atoms with Crippen molar-refractivity contribution in [1.82, 2.24) is 4.98 Å². The highest BCUT2D eigenvalue weighted by molar-refractivity contribution is 7.90. The highest BCUT2D eigenvalue weighted by Gasteiger charge is 2.13. The van der Waals surface area contributed by atoms with Crippen molar-refractivity contribution in [3.8, 4) is 0 Å². The van der Waals surface area contributed by atoms with Crippen molar-refractivity contribution in [2.45, 2.75) is 12.5 Å². The first-order valence-corrected chi connectivity index (χ1v) is 6.65. The predicted octanol–water partition coefficient (Wildman–Crippen LogP) is 0.0911. The lowest BCUT2D eigenvalue weighted by atomic mass is 10.3. The first-order valence-electron chi connectivity index (χ1n) is 3.71. The maximum absolute atomic E-state index is 10.8. The molecule has 1 atom stereocenters. The molecule has 0 saturated carbocycles. The molecule has 4 nitrogen and oxygen atoms in total. The molecule has 0 saturated heterocycles. The van der Waals surface area contributed by atoms with Gasteiger partial charge in [0, 0.05) is 24.3 Å². The number of aliphatic hydroxyl groups excluding tert-OH is 1. The van der Waals surface area contributed by atoms with Crippen LogP contribution >= 0.6 is 11.3 Å². The van der Waals surface area contributed by atoms with Crippen molar-refractivity contribution < 1.29 is 13.5 Å². The van der Waals surface area contributed by atoms with Crippen LogP contribution in [0.2, 0.25) is 0 Å². The molecule has 74 valence electrons. The van der Waals surface area contributed by atoms with E-state index in [2.05, 4.69) is 4.98 Å². The van der Waals surface area contributed by atoms with Crippen LogP contribution in [0.3, 0.4) is 0 Å². The van der Waals surface area contributed by atoms with Gasteiger partial charge >= 0.3 is 0 Å². The third kappa shape index (κ3) is 4.35. The highest BCUT2D eigenvalue weighted by Crippen LogP contribution is 2.07. The molecule has 0 aliphatic heterocycles. The first kappa shape index (κ1) is 10.6. The van der Waals surface area contributed by atoms with Crippen molar-refractivity contribution in [3.63, 3.8) is 0 Å². The summed E-state index contributed by atoms with van der Waals surface area (Å²) in [5.41, 5.74) is 0. The third-order valence-corrected chi connectivity index (χ3v) is 3.18. The van der Waals surface area contributed by atoms with E-state index < -0.39 is 15.9 Å². The van der Waals surface area contributed by atoms with Gasteiger partial charge in [-0.15, -0.1) is 11.3 Å². The molecule has 1 heterocycles. The number of aliphatic hydroxyl groups is 1. The Labute approximate surface area is 81.2 Å². The molecule has 1 aromatic heterocycles. The van der Waals surface area contributed by atoms with Crippen molar-refractivity contribution >= 4 is 21.2 Å². The average molecular weight is 221 g/mol. The zero-order valence-corrected chi connectivity index (χ0v) is 8.81. The van der Waals surface area contributed by atoms with E-state index in [1.807, 2.05) is 0 Å². The number of sulfone groups is 1. The fourth-order valence-electron chi connectivity index (χ4n) is 0.964. The molecule has 1 rings (SSSR count). The summed E-state index contributed by atoms with van der Waals surface area (Å²) in [5, 5.41) is 11.9. The molecule has 1 N–H and O–H groups in total. The van der Waals surface area contributed by atoms with Crippen LogP contribution < -0.4 is 0 Å². The molecule has 0 spiro atoms. The van der Waals surface area contributed by atoms with Gasteiger partial charge in [0.2, 0.25) is 0 Å². The van der Waals surface area contributed by atoms with Gasteiger partial charge in [0.1, 0.15) is 9.84 Å². The van der Waals surface area contributed by atoms with Crippen LogP contribution in [-0.2, 0) is 16.3 Å². The van der Waals surface area contributed by atoms with Gasteiger partial charge in [0.15, 0.2) is 0 Å². The number of thiazole rings is 1. The van der Waals surface area contributed by atoms with E-state index in [1.165, 1.54) is 11.3 Å². The lowest BCUT2D eigenvalue weighted by Crippen LogP contribution is -2.21. The summed E-state index contributed by atoms with van der Waals surface area (Å²) >= 11 is 1.41. The standard InChI is InChI=1S/C7H11NO3S2/c1-13(10,11)5-6(9)4-7-8-2-3-12-7/h2-3,6,9H,4-5H2,1H3. The van der Waals surface area contributed by atoms with Crippen molar-refractivity contribution in [2.24, 2.45) is 0 Å². The average Bonchev–Trinajstić information content (AvgIpc) is 2.34. The van der Waals surface area contributed by atoms with Crippen LogP contribution in [0.4, 0.5) is 0 Å². The minimum absolute atomic E-state index is 0.202. The van der Waals surface area contributed by atoms with E-state index in [0.29, 0.717) is 6.42 Å². The van der Waals surface area contributed by atoms with Crippen molar-refractivity contribution in [3.05, 3.63) is 16.6 Å². The van der Waals surface area contributed by atoms with Gasteiger partial charge in [0.05, 0.1) is 16.9 Å². The van der Waals surface area contributed by atoms with Crippen LogP contribution in [0, 0.1) is 0 Å². The number of hydrogen-bond acceptors (Lipinski definition) is 5. The molecule has 0 aliphatic rings. The molecule has 0 aromatic carbocycles. The van der Waals surface area contributed by atoms with Crippen LogP contribution in [0.15, 0.2) is 11.6 Å². The van der Waals surface area contributed by atoms with Gasteiger partial charge < -0.3 is 5.11 Å². The molecule has 0 amide bonds. The Kier molecular flexibility index (Phi) is 3.40. The SMILES string of the molecule is CS(=O)(=O)CC(O)Cc1nccs1. The zero-order chi connectivity index (χ0) is 9.90. The maximum atomic E-state index is 10.8. The molecule has 1 aromatic rings. The Bertz CT molecular complexity index is 344. The minimum atomic E-state index is -3.10. The Morgan fingerprint density at radius 2 is 2.38 bits per heavy atom. The summed E-state index contributed by atoms with van der Waals surface area (Å²) < 4.78 is 21.6. The quantitative estimate of drug-likeness (QED) is 0.782. The summed E-state index contributed by atoms with van der Waals surface area (Å²) in [5.74, 6) is -0.202. The summed E-state index contributed by atoms with van der Waals surface area (Å²) in [6, 6.07) is 0. The molecule has 0 fully saturated rings. The monoisotopic (exact) mass is 221 g/mol. The molecule has 0 radical (unpaired) electrons. The van der Waals surface area contributed by atoms with Gasteiger partial charge in [0.25, 0.3) is 0 Å². The minimum Gasteiger partial charge on any atom is -0.392 e. The molecule has 6 heteroatoms. The van der Waals surface area contributed by atoms with E-state index >= 15 is 0 Å². The molecular weight excluding hydrogens is 210 g/mol. The van der Waals surface area contributed by atoms with E-state index in [9.17, 15) is 13.5 Å². The lowest BCUT2D eigenvalue weighted by molar-refractivity contribution is 0.198. The second-order valence-corrected chi connectivity index (χ2v) is 6.04. The van der Waals surface area contributed by atoms with Crippen molar-refractivity contribution in [1.29, 1.82) is 0 Å². The van der Waals surface area contributed by atoms with Gasteiger partial charge in [-0.05, 0) is 0 Å². The Morgan fingerprint density at radius 1 is 1.69 bits per heavy atom. The molecular formula is C7H11NO3S2. The molecule has 0 bridgehead atoms. The third-order valence-electron chi connectivity index (χ3n) is 1.39. The molecule has 0 aliphatic carbocycles. The summed E-state index contributed by atoms with van der Waals surface area (Å²) in [7, 11) is -3.10. The lowest BCUT2D eigenvalue weighted by Gasteiger charge is -2.05. The van der Waals surface area contributed by atoms with Crippen molar-refractivity contribution in [2.75, 3.05) is 12.0 Å². The van der Waals surface area contributed by atoms with Crippen LogP contribution in [0.25, 0.3) is 0 Å². The first-order chi connectivity index (χ1) is 5.97. The van der Waals surface area contributed by atoms with Gasteiger partial charge in [-0.2, -0.15) is 0 Å². The van der Waals surface area contributed by atoms with Gasteiger partial charge in [-0.25, -0.2) is 13.4 Å². The van der Waals surface area contributed by atoms with E-state index in [0.717, 1.165) is 11.3 Å². The Hall–Kier alpha value is -0.460. The normalized spacial score (nSPS) is 14.3. The Balaban J connectivity index is 2.47. The van der Waals surface area contributed by atoms with Gasteiger partial charge in [-0.1, -0.05) is 0 Å². The highest BCUT2D eigenvalue weighted by atomic mass is 32.2.